The second-order valence-corrected chi connectivity index (χ2v) is 2.17. The molecule has 0 saturated heterocycles. The fraction of sp³-hybridized carbons (Fsp3) is 0.667. The third-order valence-electron chi connectivity index (χ3n) is 1.10. The normalized spacial score (nSPS) is 12.2. The molecule has 0 heterocycles. The van der Waals surface area contributed by atoms with E-state index in [1.165, 1.54) is 7.11 Å². The Morgan fingerprint density at radius 2 is 2.25 bits per heavy atom. The van der Waals surface area contributed by atoms with Crippen molar-refractivity contribution in [3.05, 3.63) is 0 Å². The zero-order chi connectivity index (χ0) is 9.56. The van der Waals surface area contributed by atoms with E-state index < -0.39 is 24.5 Å². The highest BCUT2D eigenvalue weighted by Gasteiger charge is 2.12. The molecule has 0 aliphatic carbocycles. The number of nitrogens with one attached hydrogen (secondary N) is 1. The summed E-state index contributed by atoms with van der Waals surface area (Å²) >= 11 is 0. The minimum Gasteiger partial charge on any atom is -0.480 e. The molecule has 0 radical (unpaired) electrons. The third kappa shape index (κ3) is 4.64. The molecule has 1 unspecified atom stereocenters. The van der Waals surface area contributed by atoms with E-state index in [0.717, 1.165) is 0 Å². The quantitative estimate of drug-likeness (QED) is 0.457. The van der Waals surface area contributed by atoms with Crippen molar-refractivity contribution in [1.29, 1.82) is 0 Å². The summed E-state index contributed by atoms with van der Waals surface area (Å²) in [6, 6.07) is -0.811. The summed E-state index contributed by atoms with van der Waals surface area (Å²) < 4.78 is 4.60. The van der Waals surface area contributed by atoms with Crippen molar-refractivity contribution in [3.63, 3.8) is 0 Å². The van der Waals surface area contributed by atoms with Crippen molar-refractivity contribution in [3.8, 4) is 0 Å². The maximum atomic E-state index is 10.9. The van der Waals surface area contributed by atoms with Gasteiger partial charge < -0.3 is 20.9 Å². The van der Waals surface area contributed by atoms with Gasteiger partial charge in [-0.2, -0.15) is 0 Å². The minimum atomic E-state index is -1.10. The van der Waals surface area contributed by atoms with Crippen LogP contribution < -0.4 is 11.1 Å². The van der Waals surface area contributed by atoms with Crippen LogP contribution in [-0.2, 0) is 14.3 Å². The number of carboxylic acids is 1. The van der Waals surface area contributed by atoms with Crippen molar-refractivity contribution in [1.82, 2.24) is 5.32 Å². The van der Waals surface area contributed by atoms with Crippen LogP contribution in [0.4, 0.5) is 0 Å². The molecule has 0 aliphatic heterocycles. The molecule has 0 aromatic heterocycles. The van der Waals surface area contributed by atoms with Gasteiger partial charge in [-0.25, -0.2) is 0 Å². The number of carbonyl (C=O) groups excluding carboxylic acids is 1. The minimum absolute atomic E-state index is 0.0749. The Morgan fingerprint density at radius 3 is 2.67 bits per heavy atom. The van der Waals surface area contributed by atoms with Crippen LogP contribution in [0.5, 0.6) is 0 Å². The maximum Gasteiger partial charge on any atom is 0.322 e. The number of ether oxygens (including phenoxy) is 1. The van der Waals surface area contributed by atoms with Gasteiger partial charge in [0.15, 0.2) is 0 Å². The first-order valence-corrected chi connectivity index (χ1v) is 3.32. The fourth-order valence-electron chi connectivity index (χ4n) is 0.549. The second-order valence-electron chi connectivity index (χ2n) is 2.17. The highest BCUT2D eigenvalue weighted by atomic mass is 16.5. The summed E-state index contributed by atoms with van der Waals surface area (Å²) in [6.45, 7) is -0.346. The van der Waals surface area contributed by atoms with E-state index in [1.54, 1.807) is 0 Å². The molecule has 0 rings (SSSR count). The molecular weight excluding hydrogens is 164 g/mol. The Labute approximate surface area is 69.7 Å². The summed E-state index contributed by atoms with van der Waals surface area (Å²) in [5, 5.41) is 10.3. The van der Waals surface area contributed by atoms with E-state index >= 15 is 0 Å². The average Bonchev–Trinajstić information content (AvgIpc) is 2.00. The zero-order valence-electron chi connectivity index (χ0n) is 6.74. The standard InChI is InChI=1S/C6H12N2O4/c1-12-3-4(7)6(11)8-2-5(9)10/h4H,2-3,7H2,1H3,(H,8,11)(H,9,10). The molecule has 1 amide bonds. The zero-order valence-corrected chi connectivity index (χ0v) is 6.74. The SMILES string of the molecule is COCC(N)C(=O)NCC(=O)O. The topological polar surface area (TPSA) is 102 Å². The molecule has 0 aliphatic rings. The summed E-state index contributed by atoms with van der Waals surface area (Å²) in [5.74, 6) is -1.63. The van der Waals surface area contributed by atoms with Gasteiger partial charge in [0.05, 0.1) is 6.61 Å². The molecular formula is C6H12N2O4. The summed E-state index contributed by atoms with van der Waals surface area (Å²) in [4.78, 5) is 20.9. The highest BCUT2D eigenvalue weighted by Crippen LogP contribution is 1.79. The number of methoxy groups -OCH3 is 1. The van der Waals surface area contributed by atoms with Crippen molar-refractivity contribution in [2.24, 2.45) is 5.73 Å². The van der Waals surface area contributed by atoms with Gasteiger partial charge in [0.25, 0.3) is 0 Å². The van der Waals surface area contributed by atoms with Gasteiger partial charge in [-0.15, -0.1) is 0 Å². The van der Waals surface area contributed by atoms with Crippen molar-refractivity contribution >= 4 is 11.9 Å². The van der Waals surface area contributed by atoms with E-state index in [0.29, 0.717) is 0 Å². The summed E-state index contributed by atoms with van der Waals surface area (Å²) in [7, 11) is 1.41. The van der Waals surface area contributed by atoms with Crippen LogP contribution >= 0.6 is 0 Å². The lowest BCUT2D eigenvalue weighted by molar-refractivity contribution is -0.138. The highest BCUT2D eigenvalue weighted by molar-refractivity contribution is 5.85. The Morgan fingerprint density at radius 1 is 1.67 bits per heavy atom. The number of hydrogen-bond acceptors (Lipinski definition) is 4. The van der Waals surface area contributed by atoms with Gasteiger partial charge in [0.2, 0.25) is 5.91 Å². The second kappa shape index (κ2) is 5.50. The van der Waals surface area contributed by atoms with Crippen molar-refractivity contribution < 1.29 is 19.4 Å². The van der Waals surface area contributed by atoms with Gasteiger partial charge in [-0.1, -0.05) is 0 Å². The number of amides is 1. The first-order chi connectivity index (χ1) is 5.57. The Hall–Kier alpha value is -1.14. The molecule has 0 aromatic rings. The molecule has 1 atom stereocenters. The predicted molar refractivity (Wildman–Crippen MR) is 40.5 cm³/mol. The molecule has 0 bridgehead atoms. The molecule has 0 fully saturated rings. The van der Waals surface area contributed by atoms with E-state index in [2.05, 4.69) is 10.1 Å². The first kappa shape index (κ1) is 10.9. The van der Waals surface area contributed by atoms with Crippen molar-refractivity contribution in [2.75, 3.05) is 20.3 Å². The monoisotopic (exact) mass is 176 g/mol. The van der Waals surface area contributed by atoms with E-state index in [4.69, 9.17) is 10.8 Å². The largest absolute Gasteiger partial charge is 0.480 e. The van der Waals surface area contributed by atoms with Gasteiger partial charge in [0.1, 0.15) is 12.6 Å². The van der Waals surface area contributed by atoms with Crippen LogP contribution in [0, 0.1) is 0 Å². The van der Waals surface area contributed by atoms with Gasteiger partial charge in [0, 0.05) is 7.11 Å². The number of carboxylic acid groups (broad SMARTS) is 1. The summed E-state index contributed by atoms with van der Waals surface area (Å²) in [5.41, 5.74) is 5.28. The molecule has 0 saturated carbocycles. The lowest BCUT2D eigenvalue weighted by Crippen LogP contribution is -2.45. The van der Waals surface area contributed by atoms with Crippen LogP contribution in [0.1, 0.15) is 0 Å². The molecule has 0 spiro atoms. The molecule has 6 nitrogen and oxygen atoms in total. The van der Waals surface area contributed by atoms with Crippen LogP contribution in [0.3, 0.4) is 0 Å². The number of rotatable bonds is 5. The smallest absolute Gasteiger partial charge is 0.322 e. The summed E-state index contributed by atoms with van der Waals surface area (Å²) in [6.07, 6.45) is 0. The molecule has 6 heteroatoms. The number of aliphatic carboxylic acids is 1. The number of hydrogen-bond donors (Lipinski definition) is 3. The lowest BCUT2D eigenvalue weighted by Gasteiger charge is -2.08. The number of nitrogens with two attached hydrogens (primary N) is 1. The van der Waals surface area contributed by atoms with Crippen LogP contribution in [0.2, 0.25) is 0 Å². The van der Waals surface area contributed by atoms with E-state index in [1.807, 2.05) is 0 Å². The van der Waals surface area contributed by atoms with Crippen molar-refractivity contribution in [2.45, 2.75) is 6.04 Å². The van der Waals surface area contributed by atoms with Gasteiger partial charge >= 0.3 is 5.97 Å². The molecule has 70 valence electrons. The predicted octanol–water partition coefficient (Wildman–Crippen LogP) is -1.84. The fourth-order valence-corrected chi connectivity index (χ4v) is 0.549. The lowest BCUT2D eigenvalue weighted by atomic mass is 10.3. The van der Waals surface area contributed by atoms with Crippen LogP contribution in [0.25, 0.3) is 0 Å². The molecule has 4 N–H and O–H groups in total. The molecule has 0 aromatic carbocycles. The first-order valence-electron chi connectivity index (χ1n) is 3.32. The van der Waals surface area contributed by atoms with E-state index in [9.17, 15) is 9.59 Å². The third-order valence-corrected chi connectivity index (χ3v) is 1.10. The van der Waals surface area contributed by atoms with E-state index in [-0.39, 0.29) is 6.61 Å². The average molecular weight is 176 g/mol. The Balaban J connectivity index is 3.64. The molecule has 12 heavy (non-hydrogen) atoms. The Bertz CT molecular complexity index is 171. The Kier molecular flexibility index (Phi) is 4.98. The van der Waals surface area contributed by atoms with Crippen LogP contribution in [0.15, 0.2) is 0 Å². The van der Waals surface area contributed by atoms with Crippen LogP contribution in [-0.4, -0.2) is 43.3 Å². The van der Waals surface area contributed by atoms with Gasteiger partial charge in [-0.05, 0) is 0 Å². The number of carbonyl (C=O) groups is 2. The maximum absolute atomic E-state index is 10.9. The van der Waals surface area contributed by atoms with Gasteiger partial charge in [-0.3, -0.25) is 9.59 Å².